The first-order chi connectivity index (χ1) is 25.2. The van der Waals surface area contributed by atoms with Gasteiger partial charge in [0.1, 0.15) is 11.2 Å². The van der Waals surface area contributed by atoms with Crippen molar-refractivity contribution >= 4 is 43.6 Å². The molecule has 51 heavy (non-hydrogen) atoms. The largest absolute Gasteiger partial charge is 0.456 e. The minimum absolute atomic E-state index is 0.691. The maximum absolute atomic E-state index is 6.32. The lowest BCUT2D eigenvalue weighted by molar-refractivity contribution is 0.669. The standard InChI is InChI=1S/C47H29N3O/c1-3-11-30(12-4-1)31-19-21-32(22-20-31)42-29-43(50-47(49-42)35-13-5-2-6-14-35)33-23-25-34(26-24-33)46-40-28-45-39(37-16-8-10-18-44(37)51-45)27-38(40)36-15-7-9-17-41(36)48-46/h1-29H. The summed E-state index contributed by atoms with van der Waals surface area (Å²) in [7, 11) is 0. The number of rotatable bonds is 5. The van der Waals surface area contributed by atoms with E-state index >= 15 is 0 Å². The van der Waals surface area contributed by atoms with Crippen LogP contribution in [0.15, 0.2) is 180 Å². The average Bonchev–Trinajstić information content (AvgIpc) is 3.58. The molecule has 0 N–H and O–H groups in total. The summed E-state index contributed by atoms with van der Waals surface area (Å²) in [5, 5.41) is 5.57. The highest BCUT2D eigenvalue weighted by atomic mass is 16.3. The van der Waals surface area contributed by atoms with E-state index in [1.54, 1.807) is 0 Å². The number of nitrogens with zero attached hydrogens (tertiary/aromatic N) is 3. The van der Waals surface area contributed by atoms with Crippen molar-refractivity contribution in [1.29, 1.82) is 0 Å². The second kappa shape index (κ2) is 11.9. The summed E-state index contributed by atoms with van der Waals surface area (Å²) in [6.07, 6.45) is 0. The van der Waals surface area contributed by atoms with Crippen LogP contribution in [0.3, 0.4) is 0 Å². The summed E-state index contributed by atoms with van der Waals surface area (Å²) in [5.74, 6) is 0.691. The lowest BCUT2D eigenvalue weighted by Crippen LogP contribution is -1.96. The Kier molecular flexibility index (Phi) is 6.78. The quantitative estimate of drug-likeness (QED) is 0.174. The van der Waals surface area contributed by atoms with E-state index in [0.29, 0.717) is 5.82 Å². The molecule has 0 aliphatic heterocycles. The molecular formula is C47H29N3O. The van der Waals surface area contributed by atoms with Gasteiger partial charge in [-0.3, -0.25) is 0 Å². The van der Waals surface area contributed by atoms with Crippen LogP contribution in [0.4, 0.5) is 0 Å². The van der Waals surface area contributed by atoms with E-state index in [9.17, 15) is 0 Å². The second-order valence-electron chi connectivity index (χ2n) is 12.8. The monoisotopic (exact) mass is 651 g/mol. The molecule has 0 fully saturated rings. The Hall–Kier alpha value is -6.91. The average molecular weight is 652 g/mol. The molecule has 0 bridgehead atoms. The van der Waals surface area contributed by atoms with Gasteiger partial charge in [-0.05, 0) is 46.8 Å². The van der Waals surface area contributed by atoms with Crippen molar-refractivity contribution in [2.75, 3.05) is 0 Å². The van der Waals surface area contributed by atoms with Gasteiger partial charge >= 0.3 is 0 Å². The van der Waals surface area contributed by atoms with Crippen molar-refractivity contribution in [3.8, 4) is 56.3 Å². The van der Waals surface area contributed by atoms with Gasteiger partial charge in [-0.1, -0.05) is 146 Å². The summed E-state index contributed by atoms with van der Waals surface area (Å²) in [4.78, 5) is 15.3. The smallest absolute Gasteiger partial charge is 0.160 e. The molecule has 3 heterocycles. The fourth-order valence-corrected chi connectivity index (χ4v) is 7.11. The lowest BCUT2D eigenvalue weighted by atomic mass is 9.97. The van der Waals surface area contributed by atoms with Gasteiger partial charge in [-0.15, -0.1) is 0 Å². The number of hydrogen-bond donors (Lipinski definition) is 0. The molecule has 0 radical (unpaired) electrons. The molecule has 0 unspecified atom stereocenters. The second-order valence-corrected chi connectivity index (χ2v) is 12.8. The minimum atomic E-state index is 0.691. The minimum Gasteiger partial charge on any atom is -0.456 e. The van der Waals surface area contributed by atoms with Gasteiger partial charge in [0.2, 0.25) is 0 Å². The molecule has 0 aliphatic rings. The highest BCUT2D eigenvalue weighted by molar-refractivity contribution is 6.18. The van der Waals surface area contributed by atoms with Crippen LogP contribution < -0.4 is 0 Å². The molecule has 0 saturated heterocycles. The third-order valence-electron chi connectivity index (χ3n) is 9.70. The van der Waals surface area contributed by atoms with Crippen LogP contribution in [0, 0.1) is 0 Å². The molecule has 0 atom stereocenters. The van der Waals surface area contributed by atoms with Crippen LogP contribution in [0.25, 0.3) is 99.9 Å². The van der Waals surface area contributed by atoms with Gasteiger partial charge in [0.25, 0.3) is 0 Å². The predicted octanol–water partition coefficient (Wildman–Crippen LogP) is 12.4. The number of fused-ring (bicyclic) bond motifs is 6. The number of furan rings is 1. The van der Waals surface area contributed by atoms with Crippen molar-refractivity contribution in [2.24, 2.45) is 0 Å². The van der Waals surface area contributed by atoms with Crippen molar-refractivity contribution < 1.29 is 4.42 Å². The summed E-state index contributed by atoms with van der Waals surface area (Å²) < 4.78 is 6.32. The van der Waals surface area contributed by atoms with Crippen LogP contribution >= 0.6 is 0 Å². The fraction of sp³-hybridized carbons (Fsp3) is 0. The van der Waals surface area contributed by atoms with Crippen molar-refractivity contribution in [3.05, 3.63) is 176 Å². The topological polar surface area (TPSA) is 51.8 Å². The van der Waals surface area contributed by atoms with Crippen LogP contribution in [0.2, 0.25) is 0 Å². The normalized spacial score (nSPS) is 11.5. The van der Waals surface area contributed by atoms with E-state index < -0.39 is 0 Å². The highest BCUT2D eigenvalue weighted by Crippen LogP contribution is 2.39. The molecule has 4 nitrogen and oxygen atoms in total. The highest BCUT2D eigenvalue weighted by Gasteiger charge is 2.16. The van der Waals surface area contributed by atoms with Gasteiger partial charge in [0, 0.05) is 43.8 Å². The Morgan fingerprint density at radius 1 is 0.314 bits per heavy atom. The van der Waals surface area contributed by atoms with Gasteiger partial charge in [0.15, 0.2) is 5.82 Å². The molecule has 0 aliphatic carbocycles. The molecular weight excluding hydrogens is 623 g/mol. The number of aromatic nitrogens is 3. The maximum atomic E-state index is 6.32. The van der Waals surface area contributed by atoms with Crippen molar-refractivity contribution in [1.82, 2.24) is 15.0 Å². The van der Waals surface area contributed by atoms with E-state index in [1.807, 2.05) is 42.5 Å². The summed E-state index contributed by atoms with van der Waals surface area (Å²) in [6, 6.07) is 60.8. The van der Waals surface area contributed by atoms with E-state index in [1.165, 1.54) is 11.1 Å². The Labute approximate surface area is 294 Å². The first-order valence-electron chi connectivity index (χ1n) is 17.1. The third kappa shape index (κ3) is 5.13. The lowest BCUT2D eigenvalue weighted by Gasteiger charge is -2.12. The van der Waals surface area contributed by atoms with Crippen LogP contribution in [-0.2, 0) is 0 Å². The summed E-state index contributed by atoms with van der Waals surface area (Å²) in [5.41, 5.74) is 11.8. The summed E-state index contributed by atoms with van der Waals surface area (Å²) >= 11 is 0. The van der Waals surface area contributed by atoms with Crippen LogP contribution in [0.1, 0.15) is 0 Å². The molecule has 7 aromatic carbocycles. The zero-order valence-corrected chi connectivity index (χ0v) is 27.5. The SMILES string of the molecule is c1ccc(-c2ccc(-c3cc(-c4ccc(-c5nc6ccccc6c6cc7c(cc56)oc5ccccc57)cc4)nc(-c4ccccc4)n3)cc2)cc1. The Balaban J connectivity index is 1.09. The zero-order chi connectivity index (χ0) is 33.7. The Bertz CT molecular complexity index is 2880. The third-order valence-corrected chi connectivity index (χ3v) is 9.70. The predicted molar refractivity (Wildman–Crippen MR) is 209 cm³/mol. The van der Waals surface area contributed by atoms with Gasteiger partial charge in [-0.2, -0.15) is 0 Å². The maximum Gasteiger partial charge on any atom is 0.160 e. The molecule has 4 heteroatoms. The Morgan fingerprint density at radius 2 is 0.863 bits per heavy atom. The molecule has 3 aromatic heterocycles. The number of benzene rings is 7. The fourth-order valence-electron chi connectivity index (χ4n) is 7.11. The molecule has 0 spiro atoms. The van der Waals surface area contributed by atoms with Gasteiger partial charge < -0.3 is 4.42 Å². The number of para-hydroxylation sites is 2. The van der Waals surface area contributed by atoms with Crippen LogP contribution in [0.5, 0.6) is 0 Å². The molecule has 10 aromatic rings. The molecule has 0 saturated carbocycles. The zero-order valence-electron chi connectivity index (χ0n) is 27.5. The number of hydrogen-bond acceptors (Lipinski definition) is 4. The molecule has 10 rings (SSSR count). The summed E-state index contributed by atoms with van der Waals surface area (Å²) in [6.45, 7) is 0. The van der Waals surface area contributed by atoms with Crippen molar-refractivity contribution in [3.63, 3.8) is 0 Å². The first-order valence-corrected chi connectivity index (χ1v) is 17.1. The van der Waals surface area contributed by atoms with Crippen molar-refractivity contribution in [2.45, 2.75) is 0 Å². The van der Waals surface area contributed by atoms with Gasteiger partial charge in [0.05, 0.1) is 22.6 Å². The van der Waals surface area contributed by atoms with E-state index in [-0.39, 0.29) is 0 Å². The van der Waals surface area contributed by atoms with E-state index in [0.717, 1.165) is 82.9 Å². The number of pyridine rings is 1. The van der Waals surface area contributed by atoms with E-state index in [2.05, 4.69) is 133 Å². The van der Waals surface area contributed by atoms with Crippen LogP contribution in [-0.4, -0.2) is 15.0 Å². The molecule has 238 valence electrons. The first kappa shape index (κ1) is 29.0. The van der Waals surface area contributed by atoms with Gasteiger partial charge in [-0.25, -0.2) is 15.0 Å². The van der Waals surface area contributed by atoms with E-state index in [4.69, 9.17) is 19.4 Å². The Morgan fingerprint density at radius 3 is 1.57 bits per heavy atom. The molecule has 0 amide bonds.